The van der Waals surface area contributed by atoms with Gasteiger partial charge in [-0.05, 0) is 76.7 Å². The second-order valence-corrected chi connectivity index (χ2v) is 11.4. The van der Waals surface area contributed by atoms with Gasteiger partial charge >= 0.3 is 0 Å². The minimum absolute atomic E-state index is 0.271. The van der Waals surface area contributed by atoms with Crippen molar-refractivity contribution in [3.8, 4) is 17.2 Å². The van der Waals surface area contributed by atoms with Crippen LogP contribution in [0.4, 0.5) is 5.69 Å². The van der Waals surface area contributed by atoms with Gasteiger partial charge in [-0.2, -0.15) is 4.31 Å². The molecule has 0 N–H and O–H groups in total. The van der Waals surface area contributed by atoms with Crippen LogP contribution in [0.25, 0.3) is 21.5 Å². The molecule has 4 aromatic rings. The lowest BCUT2D eigenvalue weighted by atomic mass is 9.91. The molecule has 1 heterocycles. The molecule has 1 aliphatic rings. The Balaban J connectivity index is 1.64. The Morgan fingerprint density at radius 3 is 2.36 bits per heavy atom. The first kappa shape index (κ1) is 26.7. The highest BCUT2D eigenvalue weighted by molar-refractivity contribution is 7.89. The lowest BCUT2D eigenvalue weighted by molar-refractivity contribution is -0.387. The number of rotatable bonds is 8. The van der Waals surface area contributed by atoms with Gasteiger partial charge in [-0.15, -0.1) is 0 Å². The second-order valence-electron chi connectivity index (χ2n) is 9.57. The number of nitro groups is 1. The van der Waals surface area contributed by atoms with Crippen molar-refractivity contribution < 1.29 is 27.6 Å². The molecule has 0 spiro atoms. The van der Waals surface area contributed by atoms with Crippen molar-refractivity contribution in [1.82, 2.24) is 4.31 Å². The van der Waals surface area contributed by atoms with E-state index in [9.17, 15) is 18.5 Å². The normalized spacial score (nSPS) is 16.3. The summed E-state index contributed by atoms with van der Waals surface area (Å²) in [5.41, 5.74) is 0.563. The van der Waals surface area contributed by atoms with Crippen LogP contribution in [0.1, 0.15) is 24.8 Å². The third-order valence-electron chi connectivity index (χ3n) is 7.43. The van der Waals surface area contributed by atoms with Gasteiger partial charge in [0.05, 0.1) is 26.3 Å². The van der Waals surface area contributed by atoms with Crippen LogP contribution in [0.2, 0.25) is 0 Å². The molecule has 1 saturated heterocycles. The number of fused-ring (bicyclic) bond motifs is 3. The summed E-state index contributed by atoms with van der Waals surface area (Å²) in [4.78, 5) is 10.7. The minimum atomic E-state index is -4.10. The van der Waals surface area contributed by atoms with Crippen LogP contribution >= 0.6 is 0 Å². The average molecular weight is 551 g/mol. The van der Waals surface area contributed by atoms with E-state index in [2.05, 4.69) is 6.07 Å². The molecular formula is C29H30N2O7S. The molecule has 1 atom stereocenters. The average Bonchev–Trinajstić information content (AvgIpc) is 2.96. The number of hydrogen-bond donors (Lipinski definition) is 0. The molecule has 10 heteroatoms. The topological polar surface area (TPSA) is 108 Å². The van der Waals surface area contributed by atoms with Crippen molar-refractivity contribution >= 4 is 37.3 Å². The first-order valence-electron chi connectivity index (χ1n) is 12.7. The fourth-order valence-electron chi connectivity index (χ4n) is 5.54. The summed E-state index contributed by atoms with van der Waals surface area (Å²) in [6.45, 7) is 0.309. The van der Waals surface area contributed by atoms with Gasteiger partial charge in [0.15, 0.2) is 16.4 Å². The zero-order chi connectivity index (χ0) is 27.7. The number of benzene rings is 4. The molecular weight excluding hydrogens is 520 g/mol. The summed E-state index contributed by atoms with van der Waals surface area (Å²) in [5.74, 6) is 1.90. The van der Waals surface area contributed by atoms with Crippen LogP contribution in [0.5, 0.6) is 17.2 Å². The largest absolute Gasteiger partial charge is 0.497 e. The summed E-state index contributed by atoms with van der Waals surface area (Å²) < 4.78 is 45.6. The van der Waals surface area contributed by atoms with E-state index in [0.717, 1.165) is 33.5 Å². The Bertz CT molecular complexity index is 1670. The van der Waals surface area contributed by atoms with Crippen LogP contribution in [0.3, 0.4) is 0 Å². The molecule has 1 unspecified atom stereocenters. The molecule has 0 amide bonds. The van der Waals surface area contributed by atoms with E-state index in [4.69, 9.17) is 14.2 Å². The highest BCUT2D eigenvalue weighted by Gasteiger charge is 2.37. The number of ether oxygens (including phenoxy) is 3. The highest BCUT2D eigenvalue weighted by Crippen LogP contribution is 2.40. The fraction of sp³-hybridized carbons (Fsp3) is 0.310. The number of para-hydroxylation sites is 1. The van der Waals surface area contributed by atoms with E-state index in [-0.39, 0.29) is 10.9 Å². The summed E-state index contributed by atoms with van der Waals surface area (Å²) in [6.07, 6.45) is 2.68. The minimum Gasteiger partial charge on any atom is -0.497 e. The molecule has 0 radical (unpaired) electrons. The molecule has 0 aliphatic carbocycles. The zero-order valence-electron chi connectivity index (χ0n) is 22.0. The van der Waals surface area contributed by atoms with Crippen LogP contribution in [0, 0.1) is 10.1 Å². The Morgan fingerprint density at radius 1 is 0.897 bits per heavy atom. The maximum Gasteiger partial charge on any atom is 0.289 e. The maximum absolute atomic E-state index is 13.8. The van der Waals surface area contributed by atoms with Crippen LogP contribution in [0.15, 0.2) is 65.6 Å². The Labute approximate surface area is 227 Å². The molecule has 4 aromatic carbocycles. The van der Waals surface area contributed by atoms with Gasteiger partial charge in [0.1, 0.15) is 5.75 Å². The van der Waals surface area contributed by atoms with Crippen molar-refractivity contribution in [3.05, 3.63) is 76.3 Å². The van der Waals surface area contributed by atoms with Gasteiger partial charge in [-0.25, -0.2) is 8.42 Å². The molecule has 1 fully saturated rings. The first-order valence-corrected chi connectivity index (χ1v) is 14.1. The maximum atomic E-state index is 13.8. The third-order valence-corrected chi connectivity index (χ3v) is 9.42. The summed E-state index contributed by atoms with van der Waals surface area (Å²) in [7, 11) is 0.696. The van der Waals surface area contributed by atoms with Gasteiger partial charge in [0.25, 0.3) is 5.69 Å². The van der Waals surface area contributed by atoms with Gasteiger partial charge in [0, 0.05) is 18.7 Å². The van der Waals surface area contributed by atoms with Gasteiger partial charge in [-0.1, -0.05) is 30.7 Å². The van der Waals surface area contributed by atoms with Gasteiger partial charge in [0.2, 0.25) is 10.0 Å². The van der Waals surface area contributed by atoms with Crippen molar-refractivity contribution in [2.45, 2.75) is 36.6 Å². The Hall–Kier alpha value is -3.89. The van der Waals surface area contributed by atoms with E-state index in [1.165, 1.54) is 28.6 Å². The summed E-state index contributed by atoms with van der Waals surface area (Å²) in [6, 6.07) is 17.0. The van der Waals surface area contributed by atoms with Crippen molar-refractivity contribution in [2.75, 3.05) is 27.9 Å². The molecule has 39 heavy (non-hydrogen) atoms. The van der Waals surface area contributed by atoms with Gasteiger partial charge < -0.3 is 14.2 Å². The molecule has 9 nitrogen and oxygen atoms in total. The van der Waals surface area contributed by atoms with Gasteiger partial charge in [-0.3, -0.25) is 10.1 Å². The van der Waals surface area contributed by atoms with Crippen molar-refractivity contribution in [1.29, 1.82) is 0 Å². The number of piperidine rings is 1. The smallest absolute Gasteiger partial charge is 0.289 e. The third kappa shape index (κ3) is 4.86. The number of methoxy groups -OCH3 is 3. The van der Waals surface area contributed by atoms with E-state index >= 15 is 0 Å². The summed E-state index contributed by atoms with van der Waals surface area (Å²) >= 11 is 0. The molecule has 0 aromatic heterocycles. The first-order chi connectivity index (χ1) is 18.8. The lowest BCUT2D eigenvalue weighted by Crippen LogP contribution is -2.44. The quantitative estimate of drug-likeness (QED) is 0.157. The SMILES string of the molecule is COc1ccc2c(CC3CCCCN3S(=O)(=O)c3ccccc3[N+](=O)[O-])cc3cc(OC)c(OC)cc3c2c1. The van der Waals surface area contributed by atoms with Crippen molar-refractivity contribution in [3.63, 3.8) is 0 Å². The van der Waals surface area contributed by atoms with Crippen LogP contribution in [-0.4, -0.2) is 51.6 Å². The Morgan fingerprint density at radius 2 is 1.64 bits per heavy atom. The van der Waals surface area contributed by atoms with Crippen LogP contribution < -0.4 is 14.2 Å². The molecule has 0 saturated carbocycles. The Kier molecular flexibility index (Phi) is 7.33. The fourth-order valence-corrected chi connectivity index (χ4v) is 7.39. The predicted molar refractivity (Wildman–Crippen MR) is 149 cm³/mol. The van der Waals surface area contributed by atoms with E-state index < -0.39 is 20.6 Å². The number of nitrogens with zero attached hydrogens (tertiary/aromatic N) is 2. The molecule has 0 bridgehead atoms. The van der Waals surface area contributed by atoms with E-state index in [0.29, 0.717) is 43.1 Å². The number of hydrogen-bond acceptors (Lipinski definition) is 7. The molecule has 5 rings (SSSR count). The number of nitro benzene ring substituents is 1. The predicted octanol–water partition coefficient (Wildman–Crippen LogP) is 5.71. The van der Waals surface area contributed by atoms with E-state index in [1.54, 1.807) is 21.3 Å². The number of sulfonamides is 1. The van der Waals surface area contributed by atoms with E-state index in [1.807, 2.05) is 30.3 Å². The standard InChI is InChI=1S/C29H30N2O7S/c1-36-22-11-12-23-19(14-20-16-27(37-2)28(38-3)18-24(20)25(23)17-22)15-21-8-6-7-13-30(21)39(34,35)29-10-5-4-9-26(29)31(32)33/h4-5,9-12,14,16-18,21H,6-8,13,15H2,1-3H3. The zero-order valence-corrected chi connectivity index (χ0v) is 22.9. The second kappa shape index (κ2) is 10.7. The lowest BCUT2D eigenvalue weighted by Gasteiger charge is -2.35. The molecule has 1 aliphatic heterocycles. The van der Waals surface area contributed by atoms with Crippen LogP contribution in [-0.2, 0) is 16.4 Å². The molecule has 204 valence electrons. The van der Waals surface area contributed by atoms with Crippen molar-refractivity contribution in [2.24, 2.45) is 0 Å². The summed E-state index contributed by atoms with van der Waals surface area (Å²) in [5, 5.41) is 15.4. The highest BCUT2D eigenvalue weighted by atomic mass is 32.2. The monoisotopic (exact) mass is 550 g/mol.